The number of carboxylic acids is 3. The van der Waals surface area contributed by atoms with Crippen LogP contribution in [0.5, 0.6) is 0 Å². The summed E-state index contributed by atoms with van der Waals surface area (Å²) in [5, 5.41) is 120. The number of hydrogen-bond donors (Lipinski definition) is 12. The Morgan fingerprint density at radius 2 is 1.38 bits per heavy atom. The fourth-order valence-electron chi connectivity index (χ4n) is 15.1. The summed E-state index contributed by atoms with van der Waals surface area (Å²) in [6.45, 7) is 13.8. The second-order valence-corrected chi connectivity index (χ2v) is 23.6. The molecule has 8 aliphatic rings. The molecule has 0 amide bonds. The van der Waals surface area contributed by atoms with Crippen molar-refractivity contribution in [2.24, 2.45) is 56.2 Å². The third kappa shape index (κ3) is 8.13. The molecule has 7 fully saturated rings. The maximum Gasteiger partial charge on any atom is 0.335 e. The van der Waals surface area contributed by atoms with E-state index >= 15 is 4.79 Å². The fraction of sp³-hybridized carbons (Fsp3) is 0.875. The molecular formula is C48H73NO20. The summed E-state index contributed by atoms with van der Waals surface area (Å²) in [7, 11) is 0. The van der Waals surface area contributed by atoms with Gasteiger partial charge in [0.1, 0.15) is 48.6 Å². The zero-order valence-electron chi connectivity index (χ0n) is 40.2. The molecule has 390 valence electrons. The van der Waals surface area contributed by atoms with E-state index in [0.717, 1.165) is 24.8 Å². The smallest absolute Gasteiger partial charge is 0.335 e. The molecule has 5 aliphatic carbocycles. The molecule has 4 saturated carbocycles. The Bertz CT molecular complexity index is 2050. The summed E-state index contributed by atoms with van der Waals surface area (Å²) in [6.07, 6.45) is -17.1. The first-order chi connectivity index (χ1) is 32.0. The van der Waals surface area contributed by atoms with Crippen LogP contribution in [-0.4, -0.2) is 179 Å². The molecule has 0 aromatic rings. The van der Waals surface area contributed by atoms with Crippen LogP contribution in [0.4, 0.5) is 0 Å². The monoisotopic (exact) mass is 983 g/mol. The lowest BCUT2D eigenvalue weighted by Crippen LogP contribution is -2.73. The van der Waals surface area contributed by atoms with Crippen LogP contribution < -0.4 is 5.32 Å². The van der Waals surface area contributed by atoms with Crippen molar-refractivity contribution in [1.82, 2.24) is 5.32 Å². The number of ether oxygens (including phenoxy) is 5. The van der Waals surface area contributed by atoms with Gasteiger partial charge in [-0.2, -0.15) is 0 Å². The largest absolute Gasteiger partial charge is 0.481 e. The van der Waals surface area contributed by atoms with Gasteiger partial charge >= 0.3 is 17.9 Å². The standard InChI is InChI=1S/C48H73NO20/c1-43(2)23-8-11-48(7)35(21(51)16-19-20-17-45(4,42(63)64)13-12-44(20,3)14-15-47(19,48)6)46(23,5)10-9-24(43)66-41-33(67-40-25(36(57)58)29(53)32(56)39(62)69-40)26(31(55)34(68-41)37(59)60)49-27-30(54)28(52)22(18-50)65-38(27)61/h16,20,22-35,38-41,49-50,52-56,61-62H,8-15,17-18H2,1-7H3,(H,57,58)(H,59,60)(H,63,64)/t20?,22-,23?,24?,25+,26+,27?,28-,29-,30-,31+,32+,33-,34+,35?,38+,39+,40?,41?,44-,45+,46+,47-,48-/m1/s1. The second kappa shape index (κ2) is 18.0. The van der Waals surface area contributed by atoms with E-state index in [2.05, 4.69) is 33.0 Å². The van der Waals surface area contributed by atoms with Gasteiger partial charge in [-0.3, -0.25) is 19.7 Å². The summed E-state index contributed by atoms with van der Waals surface area (Å²) >= 11 is 0. The molecule has 7 unspecified atom stereocenters. The van der Waals surface area contributed by atoms with Crippen molar-refractivity contribution in [3.63, 3.8) is 0 Å². The van der Waals surface area contributed by atoms with E-state index in [0.29, 0.717) is 32.1 Å². The van der Waals surface area contributed by atoms with Crippen LogP contribution in [0.2, 0.25) is 0 Å². The Hall–Kier alpha value is -2.74. The van der Waals surface area contributed by atoms with E-state index in [-0.39, 0.29) is 29.5 Å². The minimum absolute atomic E-state index is 0.0110. The Morgan fingerprint density at radius 3 is 2.00 bits per heavy atom. The number of aliphatic hydroxyl groups is 8. The highest BCUT2D eigenvalue weighted by molar-refractivity contribution is 5.95. The Morgan fingerprint density at radius 1 is 0.710 bits per heavy atom. The first-order valence-corrected chi connectivity index (χ1v) is 24.4. The maximum atomic E-state index is 15.1. The first kappa shape index (κ1) is 52.6. The summed E-state index contributed by atoms with van der Waals surface area (Å²) in [4.78, 5) is 53.1. The number of aliphatic carboxylic acids is 3. The van der Waals surface area contributed by atoms with Gasteiger partial charge in [0.25, 0.3) is 0 Å². The summed E-state index contributed by atoms with van der Waals surface area (Å²) in [6, 6.07) is -3.54. The number of carbonyl (C=O) groups excluding carboxylic acids is 1. The van der Waals surface area contributed by atoms with E-state index in [9.17, 15) is 70.6 Å². The van der Waals surface area contributed by atoms with Gasteiger partial charge in [-0.25, -0.2) is 4.79 Å². The minimum atomic E-state index is -2.19. The molecule has 0 bridgehead atoms. The molecule has 0 aromatic carbocycles. The molecule has 3 saturated heterocycles. The van der Waals surface area contributed by atoms with Crippen LogP contribution >= 0.6 is 0 Å². The predicted octanol–water partition coefficient (Wildman–Crippen LogP) is -0.152. The first-order valence-electron chi connectivity index (χ1n) is 24.4. The van der Waals surface area contributed by atoms with Crippen LogP contribution in [0.15, 0.2) is 11.6 Å². The maximum absolute atomic E-state index is 15.1. The summed E-state index contributed by atoms with van der Waals surface area (Å²) in [5.74, 6) is -7.03. The number of rotatable bonds is 10. The zero-order valence-corrected chi connectivity index (χ0v) is 40.2. The lowest BCUT2D eigenvalue weighted by Gasteiger charge is -2.70. The highest BCUT2D eigenvalue weighted by Crippen LogP contribution is 2.75. The van der Waals surface area contributed by atoms with Crippen molar-refractivity contribution in [2.45, 2.75) is 198 Å². The number of carbonyl (C=O) groups is 4. The van der Waals surface area contributed by atoms with Gasteiger partial charge in [0.2, 0.25) is 0 Å². The van der Waals surface area contributed by atoms with E-state index in [4.69, 9.17) is 23.7 Å². The van der Waals surface area contributed by atoms with Crippen molar-refractivity contribution in [3.8, 4) is 0 Å². The van der Waals surface area contributed by atoms with E-state index in [1.165, 1.54) is 0 Å². The molecule has 21 heteroatoms. The molecule has 24 atom stereocenters. The van der Waals surface area contributed by atoms with Gasteiger partial charge in [0, 0.05) is 5.92 Å². The average molecular weight is 984 g/mol. The Balaban J connectivity index is 1.13. The van der Waals surface area contributed by atoms with E-state index in [1.54, 1.807) is 0 Å². The van der Waals surface area contributed by atoms with Crippen molar-refractivity contribution in [3.05, 3.63) is 11.6 Å². The Kier molecular flexibility index (Phi) is 13.7. The Labute approximate surface area is 400 Å². The molecule has 3 heterocycles. The third-order valence-corrected chi connectivity index (χ3v) is 19.6. The van der Waals surface area contributed by atoms with Gasteiger partial charge in [-0.05, 0) is 110 Å². The highest BCUT2D eigenvalue weighted by atomic mass is 16.8. The number of aliphatic hydroxyl groups excluding tert-OH is 8. The van der Waals surface area contributed by atoms with E-state index in [1.807, 2.05) is 26.8 Å². The topological polar surface area (TPSA) is 349 Å². The van der Waals surface area contributed by atoms with Crippen molar-refractivity contribution < 1.29 is 99.0 Å². The number of ketones is 1. The fourth-order valence-corrected chi connectivity index (χ4v) is 15.1. The molecule has 0 radical (unpaired) electrons. The van der Waals surface area contributed by atoms with Gasteiger partial charge in [-0.1, -0.05) is 47.1 Å². The lowest BCUT2D eigenvalue weighted by molar-refractivity contribution is -0.373. The second-order valence-electron chi connectivity index (χ2n) is 23.6. The van der Waals surface area contributed by atoms with Gasteiger partial charge in [0.05, 0.1) is 30.2 Å². The predicted molar refractivity (Wildman–Crippen MR) is 234 cm³/mol. The number of allylic oxidation sites excluding steroid dienone is 2. The van der Waals surface area contributed by atoms with Crippen LogP contribution in [0.1, 0.15) is 106 Å². The molecular weight excluding hydrogens is 911 g/mol. The number of hydrogen-bond acceptors (Lipinski definition) is 18. The quantitative estimate of drug-likeness (QED) is 0.127. The van der Waals surface area contributed by atoms with Crippen LogP contribution in [0.25, 0.3) is 0 Å². The molecule has 69 heavy (non-hydrogen) atoms. The summed E-state index contributed by atoms with van der Waals surface area (Å²) < 4.78 is 29.6. The normalized spacial score (nSPS) is 52.8. The molecule has 8 rings (SSSR count). The molecule has 0 spiro atoms. The average Bonchev–Trinajstić information content (AvgIpc) is 3.26. The van der Waals surface area contributed by atoms with Gasteiger partial charge < -0.3 is 79.9 Å². The number of fused-ring (bicyclic) bond motifs is 7. The molecule has 21 nitrogen and oxygen atoms in total. The van der Waals surface area contributed by atoms with Crippen molar-refractivity contribution in [1.29, 1.82) is 0 Å². The zero-order chi connectivity index (χ0) is 50.9. The summed E-state index contributed by atoms with van der Waals surface area (Å²) in [5.41, 5.74) is -2.31. The third-order valence-electron chi connectivity index (χ3n) is 19.6. The van der Waals surface area contributed by atoms with Crippen LogP contribution in [0, 0.1) is 56.2 Å². The number of carboxylic acid groups (broad SMARTS) is 3. The van der Waals surface area contributed by atoms with Crippen LogP contribution in [-0.2, 0) is 42.9 Å². The van der Waals surface area contributed by atoms with Gasteiger partial charge in [0.15, 0.2) is 37.0 Å². The minimum Gasteiger partial charge on any atom is -0.481 e. The van der Waals surface area contributed by atoms with E-state index < -0.39 is 156 Å². The number of nitrogens with one attached hydrogen (secondary N) is 1. The van der Waals surface area contributed by atoms with Crippen LogP contribution in [0.3, 0.4) is 0 Å². The van der Waals surface area contributed by atoms with Crippen molar-refractivity contribution >= 4 is 23.7 Å². The molecule has 12 N–H and O–H groups in total. The van der Waals surface area contributed by atoms with Crippen molar-refractivity contribution in [2.75, 3.05) is 6.61 Å². The highest BCUT2D eigenvalue weighted by Gasteiger charge is 2.71. The van der Waals surface area contributed by atoms with Gasteiger partial charge in [-0.15, -0.1) is 0 Å². The molecule has 0 aromatic heterocycles. The lowest BCUT2D eigenvalue weighted by atomic mass is 9.33. The SMILES string of the molecule is CC1(C)C(OC2O[C@H](C(=O)O)[C@@H](O)[C@H](NC3[C@@H](O)[C@H](O)[C@@H](CO)O[C@@H]3O)[C@H]2OC2O[C@H](O)[C@@H](O)[C@H](O)[C@H]2C(=O)O)CC[C@@]2(C)C1CC[C@]1(C)C2C(=O)C=C2C3C[C@@](C)(C(=O)O)CC[C@]3(C)CC[C@]21C. The molecule has 3 aliphatic heterocycles.